The van der Waals surface area contributed by atoms with E-state index in [0.29, 0.717) is 25.8 Å². The average molecular weight is 371 g/mol. The Morgan fingerprint density at radius 1 is 1.23 bits per heavy atom. The first-order valence-corrected chi connectivity index (χ1v) is 9.78. The molecule has 3 N–H and O–H groups in total. The molecule has 1 saturated heterocycles. The highest BCUT2D eigenvalue weighted by Crippen LogP contribution is 2.51. The number of aliphatic hydroxyl groups excluding tert-OH is 1. The number of ether oxygens (including phenoxy) is 1. The third-order valence-electron chi connectivity index (χ3n) is 6.76. The first kappa shape index (κ1) is 21.7. The zero-order valence-electron chi connectivity index (χ0n) is 17.6. The molecule has 26 heavy (non-hydrogen) atoms. The number of hydrogen-bond donors (Lipinski definition) is 3. The fourth-order valence-corrected chi connectivity index (χ4v) is 4.78. The Bertz CT molecular complexity index is 527. The highest BCUT2D eigenvalue weighted by molar-refractivity contribution is 5.12. The molecule has 0 spiro atoms. The summed E-state index contributed by atoms with van der Waals surface area (Å²) < 4.78 is 5.85. The fourth-order valence-electron chi connectivity index (χ4n) is 4.78. The Morgan fingerprint density at radius 3 is 2.31 bits per heavy atom. The molecular formula is C20H38N2O4. The van der Waals surface area contributed by atoms with Crippen LogP contribution in [0, 0.1) is 27.1 Å². The minimum Gasteiger partial charge on any atom is -0.389 e. The first-order chi connectivity index (χ1) is 11.7. The van der Waals surface area contributed by atoms with Crippen molar-refractivity contribution in [1.29, 1.82) is 0 Å². The second-order valence-electron chi connectivity index (χ2n) is 11.1. The van der Waals surface area contributed by atoms with Crippen LogP contribution in [0.25, 0.3) is 0 Å². The van der Waals surface area contributed by atoms with Gasteiger partial charge in [0.2, 0.25) is 0 Å². The molecule has 2 fully saturated rings. The summed E-state index contributed by atoms with van der Waals surface area (Å²) in [5.41, 5.74) is -2.26. The molecule has 1 saturated carbocycles. The molecular weight excluding hydrogens is 332 g/mol. The molecule has 5 atom stereocenters. The van der Waals surface area contributed by atoms with Crippen LogP contribution >= 0.6 is 0 Å². The van der Waals surface area contributed by atoms with E-state index in [1.54, 1.807) is 0 Å². The van der Waals surface area contributed by atoms with Gasteiger partial charge in [-0.2, -0.15) is 0 Å². The van der Waals surface area contributed by atoms with Crippen LogP contribution in [-0.2, 0) is 4.74 Å². The van der Waals surface area contributed by atoms with Crippen molar-refractivity contribution in [2.75, 3.05) is 13.2 Å². The second kappa shape index (κ2) is 6.80. The predicted octanol–water partition coefficient (Wildman–Crippen LogP) is 3.41. The molecule has 1 heterocycles. The van der Waals surface area contributed by atoms with E-state index in [2.05, 4.69) is 59.0 Å². The quantitative estimate of drug-likeness (QED) is 0.472. The molecule has 1 aliphatic heterocycles. The van der Waals surface area contributed by atoms with Gasteiger partial charge in [-0.25, -0.2) is 0 Å². The van der Waals surface area contributed by atoms with Gasteiger partial charge < -0.3 is 14.9 Å². The molecule has 0 amide bonds. The van der Waals surface area contributed by atoms with Crippen molar-refractivity contribution in [1.82, 2.24) is 5.32 Å². The standard InChI is InChI=1S/C20H38N2O4/c1-16(2,3)12-18(7,17(4,5)6)15(23)26-9-8-19(24)13-20(22-25)10-14(19)11-21-20/h14-15,21,23-24H,8-13H2,1-7H3. The van der Waals surface area contributed by atoms with E-state index in [1.165, 1.54) is 0 Å². The fraction of sp³-hybridized carbons (Fsp3) is 1.00. The molecule has 6 nitrogen and oxygen atoms in total. The summed E-state index contributed by atoms with van der Waals surface area (Å²) in [5, 5.41) is 28.1. The average Bonchev–Trinajstić information content (AvgIpc) is 3.00. The number of hydrogen-bond acceptors (Lipinski definition) is 6. The van der Waals surface area contributed by atoms with Gasteiger partial charge in [-0.3, -0.25) is 5.32 Å². The summed E-state index contributed by atoms with van der Waals surface area (Å²) in [4.78, 5) is 11.1. The number of rotatable bonds is 7. The van der Waals surface area contributed by atoms with Crippen LogP contribution in [0.5, 0.6) is 0 Å². The van der Waals surface area contributed by atoms with Gasteiger partial charge in [-0.15, -0.1) is 4.91 Å². The molecule has 2 aliphatic rings. The van der Waals surface area contributed by atoms with Crippen LogP contribution in [0.2, 0.25) is 0 Å². The molecule has 0 aromatic heterocycles. The lowest BCUT2D eigenvalue weighted by Gasteiger charge is -2.48. The third kappa shape index (κ3) is 4.13. The molecule has 5 unspecified atom stereocenters. The van der Waals surface area contributed by atoms with Gasteiger partial charge in [0.15, 0.2) is 12.0 Å². The molecule has 0 aromatic rings. The van der Waals surface area contributed by atoms with E-state index in [4.69, 9.17) is 4.74 Å². The number of piperidine rings is 1. The Labute approximate surface area is 158 Å². The Kier molecular flexibility index (Phi) is 5.68. The predicted molar refractivity (Wildman–Crippen MR) is 102 cm³/mol. The lowest BCUT2D eigenvalue weighted by Crippen LogP contribution is -2.50. The van der Waals surface area contributed by atoms with Crippen LogP contribution in [0.15, 0.2) is 5.18 Å². The SMILES string of the molecule is CC(C)(C)CC(C)(C(O)OCCC1(O)CC2(N=O)CC1CN2)C(C)(C)C. The summed E-state index contributed by atoms with van der Waals surface area (Å²) in [7, 11) is 0. The van der Waals surface area contributed by atoms with E-state index < -0.39 is 23.0 Å². The van der Waals surface area contributed by atoms with E-state index in [1.807, 2.05) is 0 Å². The van der Waals surface area contributed by atoms with Crippen molar-refractivity contribution in [2.45, 2.75) is 91.7 Å². The molecule has 152 valence electrons. The summed E-state index contributed by atoms with van der Waals surface area (Å²) in [6.45, 7) is 15.8. The van der Waals surface area contributed by atoms with E-state index in [0.717, 1.165) is 6.42 Å². The zero-order chi connectivity index (χ0) is 20.0. The van der Waals surface area contributed by atoms with Gasteiger partial charge in [0.25, 0.3) is 0 Å². The van der Waals surface area contributed by atoms with E-state index >= 15 is 0 Å². The van der Waals surface area contributed by atoms with Gasteiger partial charge in [0.05, 0.1) is 12.2 Å². The molecule has 2 rings (SSSR count). The molecule has 6 heteroatoms. The minimum atomic E-state index is -0.943. The van der Waals surface area contributed by atoms with E-state index in [9.17, 15) is 15.1 Å². The van der Waals surface area contributed by atoms with Crippen molar-refractivity contribution in [3.05, 3.63) is 4.91 Å². The second-order valence-corrected chi connectivity index (χ2v) is 11.1. The first-order valence-electron chi connectivity index (χ1n) is 9.78. The normalized spacial score (nSPS) is 35.3. The summed E-state index contributed by atoms with van der Waals surface area (Å²) in [5.74, 6) is 0.0181. The van der Waals surface area contributed by atoms with Gasteiger partial charge in [-0.05, 0) is 28.8 Å². The largest absolute Gasteiger partial charge is 0.389 e. The van der Waals surface area contributed by atoms with Gasteiger partial charge in [0.1, 0.15) is 0 Å². The van der Waals surface area contributed by atoms with Crippen LogP contribution in [-0.4, -0.2) is 40.9 Å². The highest BCUT2D eigenvalue weighted by atomic mass is 16.6. The lowest BCUT2D eigenvalue weighted by molar-refractivity contribution is -0.217. The zero-order valence-corrected chi connectivity index (χ0v) is 17.6. The Balaban J connectivity index is 1.98. The van der Waals surface area contributed by atoms with Gasteiger partial charge in [-0.1, -0.05) is 48.5 Å². The van der Waals surface area contributed by atoms with Gasteiger partial charge >= 0.3 is 0 Å². The van der Waals surface area contributed by atoms with Crippen LogP contribution < -0.4 is 5.32 Å². The van der Waals surface area contributed by atoms with E-state index in [-0.39, 0.29) is 23.4 Å². The molecule has 1 aliphatic carbocycles. The Hall–Kier alpha value is -0.560. The van der Waals surface area contributed by atoms with Crippen molar-refractivity contribution in [2.24, 2.45) is 27.3 Å². The monoisotopic (exact) mass is 370 g/mol. The van der Waals surface area contributed by atoms with Crippen LogP contribution in [0.3, 0.4) is 0 Å². The molecule has 0 aromatic carbocycles. The summed E-state index contributed by atoms with van der Waals surface area (Å²) in [6.07, 6.45) is 1.22. The number of aliphatic hydroxyl groups is 2. The van der Waals surface area contributed by atoms with Crippen molar-refractivity contribution in [3.8, 4) is 0 Å². The Morgan fingerprint density at radius 2 is 1.85 bits per heavy atom. The summed E-state index contributed by atoms with van der Waals surface area (Å²) >= 11 is 0. The highest BCUT2D eigenvalue weighted by Gasteiger charge is 2.59. The maximum absolute atomic E-state index is 11.1. The molecule has 2 bridgehead atoms. The lowest BCUT2D eigenvalue weighted by atomic mass is 9.61. The van der Waals surface area contributed by atoms with Crippen molar-refractivity contribution in [3.63, 3.8) is 0 Å². The summed E-state index contributed by atoms with van der Waals surface area (Å²) in [6, 6.07) is 0. The number of nitroso groups, excluding NO2 is 1. The minimum absolute atomic E-state index is 0.0181. The van der Waals surface area contributed by atoms with Crippen molar-refractivity contribution >= 4 is 0 Å². The maximum atomic E-state index is 11.1. The van der Waals surface area contributed by atoms with Crippen LogP contribution in [0.4, 0.5) is 0 Å². The smallest absolute Gasteiger partial charge is 0.160 e. The number of fused-ring (bicyclic) bond motifs is 2. The number of nitrogens with zero attached hydrogens (tertiary/aromatic N) is 1. The molecule has 0 radical (unpaired) electrons. The maximum Gasteiger partial charge on any atom is 0.160 e. The number of nitrogens with one attached hydrogen (secondary N) is 1. The van der Waals surface area contributed by atoms with Crippen LogP contribution in [0.1, 0.15) is 74.1 Å². The van der Waals surface area contributed by atoms with Crippen molar-refractivity contribution < 1.29 is 14.9 Å². The third-order valence-corrected chi connectivity index (χ3v) is 6.76. The van der Waals surface area contributed by atoms with Gasteiger partial charge in [0, 0.05) is 30.7 Å². The topological polar surface area (TPSA) is 91.2 Å².